The molecule has 1 aliphatic heterocycles. The van der Waals surface area contributed by atoms with E-state index in [1.54, 1.807) is 18.0 Å². The lowest BCUT2D eigenvalue weighted by molar-refractivity contribution is -0.121. The maximum Gasteiger partial charge on any atom is 0.229 e. The number of carbonyl (C=O) groups is 2. The third kappa shape index (κ3) is 4.59. The zero-order valence-corrected chi connectivity index (χ0v) is 13.3. The maximum atomic E-state index is 12.0. The third-order valence-electron chi connectivity index (χ3n) is 3.24. The van der Waals surface area contributed by atoms with Crippen molar-refractivity contribution in [3.8, 4) is 0 Å². The van der Waals surface area contributed by atoms with Crippen LogP contribution in [0, 0.1) is 0 Å². The molecule has 21 heavy (non-hydrogen) atoms. The van der Waals surface area contributed by atoms with Crippen LogP contribution in [-0.2, 0) is 9.59 Å². The number of hydrogen-bond donors (Lipinski definition) is 2. The lowest BCUT2D eigenvalue weighted by Gasteiger charge is -2.18. The molecule has 1 heterocycles. The van der Waals surface area contributed by atoms with Gasteiger partial charge < -0.3 is 15.5 Å². The predicted octanol–water partition coefficient (Wildman–Crippen LogP) is 1.59. The van der Waals surface area contributed by atoms with Crippen LogP contribution in [0.1, 0.15) is 12.8 Å². The van der Waals surface area contributed by atoms with Crippen molar-refractivity contribution >= 4 is 41.5 Å². The topological polar surface area (TPSA) is 61.4 Å². The van der Waals surface area contributed by atoms with Crippen LogP contribution in [-0.4, -0.2) is 38.0 Å². The van der Waals surface area contributed by atoms with Gasteiger partial charge in [0.2, 0.25) is 11.8 Å². The van der Waals surface area contributed by atoms with Crippen molar-refractivity contribution in [3.05, 3.63) is 29.3 Å². The van der Waals surface area contributed by atoms with Gasteiger partial charge in [0.1, 0.15) is 0 Å². The van der Waals surface area contributed by atoms with E-state index in [0.29, 0.717) is 36.6 Å². The van der Waals surface area contributed by atoms with Crippen LogP contribution >= 0.6 is 24.0 Å². The van der Waals surface area contributed by atoms with Crippen LogP contribution < -0.4 is 15.5 Å². The minimum absolute atomic E-state index is 0. The second-order valence-electron chi connectivity index (χ2n) is 4.78. The summed E-state index contributed by atoms with van der Waals surface area (Å²) in [6, 6.07) is 7.08. The Balaban J connectivity index is 0.00000220. The number of carbonyl (C=O) groups excluding carboxylic acids is 2. The quantitative estimate of drug-likeness (QED) is 0.861. The average molecular weight is 332 g/mol. The SMILES string of the molecule is CNCCC(=O)NC1CC(=O)N(c2ccccc2Cl)C1.Cl. The Morgan fingerprint density at radius 3 is 2.81 bits per heavy atom. The zero-order chi connectivity index (χ0) is 14.5. The largest absolute Gasteiger partial charge is 0.351 e. The van der Waals surface area contributed by atoms with E-state index in [1.807, 2.05) is 18.2 Å². The molecule has 1 aliphatic rings. The van der Waals surface area contributed by atoms with E-state index >= 15 is 0 Å². The monoisotopic (exact) mass is 331 g/mol. The smallest absolute Gasteiger partial charge is 0.229 e. The Morgan fingerprint density at radius 2 is 2.14 bits per heavy atom. The van der Waals surface area contributed by atoms with Gasteiger partial charge in [-0.05, 0) is 19.2 Å². The summed E-state index contributed by atoms with van der Waals surface area (Å²) in [5.74, 6) is -0.0600. The van der Waals surface area contributed by atoms with Crippen molar-refractivity contribution in [2.75, 3.05) is 25.0 Å². The number of rotatable bonds is 5. The van der Waals surface area contributed by atoms with Gasteiger partial charge in [0.25, 0.3) is 0 Å². The highest BCUT2D eigenvalue weighted by atomic mass is 35.5. The molecule has 1 aromatic rings. The highest BCUT2D eigenvalue weighted by Crippen LogP contribution is 2.28. The van der Waals surface area contributed by atoms with Gasteiger partial charge >= 0.3 is 0 Å². The van der Waals surface area contributed by atoms with E-state index in [-0.39, 0.29) is 30.3 Å². The molecule has 1 atom stereocenters. The van der Waals surface area contributed by atoms with Crippen molar-refractivity contribution < 1.29 is 9.59 Å². The van der Waals surface area contributed by atoms with Gasteiger partial charge in [0.15, 0.2) is 0 Å². The summed E-state index contributed by atoms with van der Waals surface area (Å²) in [5.41, 5.74) is 0.700. The highest BCUT2D eigenvalue weighted by molar-refractivity contribution is 6.33. The summed E-state index contributed by atoms with van der Waals surface area (Å²) in [5, 5.41) is 6.34. The number of amides is 2. The van der Waals surface area contributed by atoms with Crippen LogP contribution in [0.5, 0.6) is 0 Å². The second kappa shape index (κ2) is 8.22. The van der Waals surface area contributed by atoms with Crippen molar-refractivity contribution in [1.82, 2.24) is 10.6 Å². The normalized spacial score (nSPS) is 17.5. The summed E-state index contributed by atoms with van der Waals surface area (Å²) in [6.07, 6.45) is 0.726. The summed E-state index contributed by atoms with van der Waals surface area (Å²) in [6.45, 7) is 1.09. The molecule has 0 bridgehead atoms. The maximum absolute atomic E-state index is 12.0. The number of hydrogen-bond acceptors (Lipinski definition) is 3. The first-order valence-corrected chi connectivity index (χ1v) is 6.98. The number of nitrogens with zero attached hydrogens (tertiary/aromatic N) is 1. The molecular formula is C14H19Cl2N3O2. The van der Waals surface area contributed by atoms with Crippen molar-refractivity contribution in [2.24, 2.45) is 0 Å². The predicted molar refractivity (Wildman–Crippen MR) is 86.1 cm³/mol. The molecule has 2 N–H and O–H groups in total. The van der Waals surface area contributed by atoms with Gasteiger partial charge in [0.05, 0.1) is 16.8 Å². The van der Waals surface area contributed by atoms with Crippen LogP contribution in [0.2, 0.25) is 5.02 Å². The fraction of sp³-hybridized carbons (Fsp3) is 0.429. The van der Waals surface area contributed by atoms with Gasteiger partial charge in [0, 0.05) is 25.9 Å². The molecule has 2 amide bonds. The fourth-order valence-corrected chi connectivity index (χ4v) is 2.48. The average Bonchev–Trinajstić information content (AvgIpc) is 2.77. The van der Waals surface area contributed by atoms with Crippen molar-refractivity contribution in [3.63, 3.8) is 0 Å². The Morgan fingerprint density at radius 1 is 1.43 bits per heavy atom. The molecular weight excluding hydrogens is 313 g/mol. The molecule has 1 aromatic carbocycles. The van der Waals surface area contributed by atoms with Gasteiger partial charge in [-0.1, -0.05) is 23.7 Å². The molecule has 2 rings (SSSR count). The first-order valence-electron chi connectivity index (χ1n) is 6.60. The van der Waals surface area contributed by atoms with Crippen molar-refractivity contribution in [1.29, 1.82) is 0 Å². The van der Waals surface area contributed by atoms with Crippen LogP contribution in [0.3, 0.4) is 0 Å². The number of para-hydroxylation sites is 1. The summed E-state index contributed by atoms with van der Waals surface area (Å²) in [7, 11) is 1.80. The van der Waals surface area contributed by atoms with Gasteiger partial charge in [-0.3, -0.25) is 9.59 Å². The van der Waals surface area contributed by atoms with Crippen LogP contribution in [0.4, 0.5) is 5.69 Å². The van der Waals surface area contributed by atoms with Crippen LogP contribution in [0.25, 0.3) is 0 Å². The molecule has 0 aliphatic carbocycles. The molecule has 116 valence electrons. The summed E-state index contributed by atoms with van der Waals surface area (Å²) in [4.78, 5) is 25.3. The van der Waals surface area contributed by atoms with Crippen LogP contribution in [0.15, 0.2) is 24.3 Å². The lowest BCUT2D eigenvalue weighted by atomic mass is 10.2. The minimum atomic E-state index is -0.150. The van der Waals surface area contributed by atoms with E-state index in [2.05, 4.69) is 10.6 Å². The van der Waals surface area contributed by atoms with E-state index in [0.717, 1.165) is 0 Å². The lowest BCUT2D eigenvalue weighted by Crippen LogP contribution is -2.38. The molecule has 7 heteroatoms. The first kappa shape index (κ1) is 17.8. The second-order valence-corrected chi connectivity index (χ2v) is 5.19. The number of nitrogens with one attached hydrogen (secondary N) is 2. The molecule has 1 saturated heterocycles. The number of anilines is 1. The molecule has 5 nitrogen and oxygen atoms in total. The molecule has 1 fully saturated rings. The molecule has 1 unspecified atom stereocenters. The van der Waals surface area contributed by atoms with E-state index in [1.165, 1.54) is 0 Å². The molecule has 0 spiro atoms. The van der Waals surface area contributed by atoms with Crippen molar-refractivity contribution in [2.45, 2.75) is 18.9 Å². The fourth-order valence-electron chi connectivity index (χ4n) is 2.25. The standard InChI is InChI=1S/C14H18ClN3O2.ClH/c1-16-7-6-13(19)17-10-8-14(20)18(9-10)12-5-3-2-4-11(12)15;/h2-5,10,16H,6-9H2,1H3,(H,17,19);1H. The Kier molecular flexibility index (Phi) is 6.95. The van der Waals surface area contributed by atoms with Gasteiger partial charge in [-0.25, -0.2) is 0 Å². The summed E-state index contributed by atoms with van der Waals surface area (Å²) < 4.78 is 0. The van der Waals surface area contributed by atoms with E-state index in [4.69, 9.17) is 11.6 Å². The minimum Gasteiger partial charge on any atom is -0.351 e. The number of halogens is 2. The molecule has 0 radical (unpaired) electrons. The van der Waals surface area contributed by atoms with Gasteiger partial charge in [-0.2, -0.15) is 0 Å². The Hall–Kier alpha value is -1.30. The van der Waals surface area contributed by atoms with E-state index in [9.17, 15) is 9.59 Å². The zero-order valence-electron chi connectivity index (χ0n) is 11.8. The Bertz CT molecular complexity index is 511. The summed E-state index contributed by atoms with van der Waals surface area (Å²) >= 11 is 6.10. The molecule has 0 aromatic heterocycles. The highest BCUT2D eigenvalue weighted by Gasteiger charge is 2.32. The Labute approximate surface area is 135 Å². The number of benzene rings is 1. The van der Waals surface area contributed by atoms with Gasteiger partial charge in [-0.15, -0.1) is 12.4 Å². The first-order chi connectivity index (χ1) is 9.61. The van der Waals surface area contributed by atoms with E-state index < -0.39 is 0 Å². The third-order valence-corrected chi connectivity index (χ3v) is 3.56. The molecule has 0 saturated carbocycles.